The molecule has 0 radical (unpaired) electrons. The molecule has 0 saturated carbocycles. The number of hydrogen-bond acceptors (Lipinski definition) is 4. The molecule has 6 heteroatoms. The minimum Gasteiger partial charge on any atom is -0.358 e. The molecule has 4 rings (SSSR count). The fraction of sp³-hybridized carbons (Fsp3) is 0.421. The molecule has 1 aromatic carbocycles. The van der Waals surface area contributed by atoms with Crippen molar-refractivity contribution in [2.75, 3.05) is 6.54 Å². The minimum atomic E-state index is -0.0675. The number of fused-ring (bicyclic) bond motifs is 1. The topological polar surface area (TPSA) is 75.0 Å². The normalized spacial score (nSPS) is 17.5. The first-order valence-electron chi connectivity index (χ1n) is 8.85. The number of aromatic amines is 1. The van der Waals surface area contributed by atoms with Crippen LogP contribution >= 0.6 is 0 Å². The molecule has 0 spiro atoms. The van der Waals surface area contributed by atoms with Gasteiger partial charge in [-0.1, -0.05) is 30.3 Å². The lowest BCUT2D eigenvalue weighted by atomic mass is 10.1. The number of nitrogens with one attached hydrogen (secondary N) is 1. The molecule has 1 fully saturated rings. The van der Waals surface area contributed by atoms with Gasteiger partial charge >= 0.3 is 0 Å². The van der Waals surface area contributed by atoms with Crippen LogP contribution in [0.5, 0.6) is 0 Å². The van der Waals surface area contributed by atoms with E-state index < -0.39 is 0 Å². The third-order valence-corrected chi connectivity index (χ3v) is 5.01. The van der Waals surface area contributed by atoms with E-state index >= 15 is 0 Å². The fourth-order valence-corrected chi connectivity index (χ4v) is 3.70. The van der Waals surface area contributed by atoms with Crippen molar-refractivity contribution in [3.63, 3.8) is 0 Å². The van der Waals surface area contributed by atoms with E-state index in [1.807, 2.05) is 36.9 Å². The highest BCUT2D eigenvalue weighted by molar-refractivity contribution is 5.90. The summed E-state index contributed by atoms with van der Waals surface area (Å²) >= 11 is 0. The first-order chi connectivity index (χ1) is 12.2. The summed E-state index contributed by atoms with van der Waals surface area (Å²) < 4.78 is 5.23. The second-order valence-electron chi connectivity index (χ2n) is 6.60. The third-order valence-electron chi connectivity index (χ3n) is 5.01. The number of para-hydroxylation sites is 1. The first kappa shape index (κ1) is 15.9. The van der Waals surface area contributed by atoms with Gasteiger partial charge in [-0.05, 0) is 31.4 Å². The van der Waals surface area contributed by atoms with Crippen molar-refractivity contribution in [2.24, 2.45) is 0 Å². The molecule has 1 amide bonds. The summed E-state index contributed by atoms with van der Waals surface area (Å²) in [6, 6.07) is 8.05. The van der Waals surface area contributed by atoms with Crippen LogP contribution in [0.25, 0.3) is 10.9 Å². The van der Waals surface area contributed by atoms with Gasteiger partial charge in [0.2, 0.25) is 11.8 Å². The second-order valence-corrected chi connectivity index (χ2v) is 6.60. The van der Waals surface area contributed by atoms with Crippen LogP contribution in [0.3, 0.4) is 0 Å². The Hall–Kier alpha value is -2.63. The van der Waals surface area contributed by atoms with E-state index in [9.17, 15) is 4.79 Å². The van der Waals surface area contributed by atoms with Crippen LogP contribution in [0.15, 0.2) is 28.8 Å². The van der Waals surface area contributed by atoms with Gasteiger partial charge in [0, 0.05) is 29.6 Å². The Morgan fingerprint density at radius 1 is 1.40 bits per heavy atom. The Labute approximate surface area is 146 Å². The lowest BCUT2D eigenvalue weighted by Crippen LogP contribution is -2.32. The molecule has 3 aromatic rings. The molecule has 1 saturated heterocycles. The maximum atomic E-state index is 13.0. The summed E-state index contributed by atoms with van der Waals surface area (Å²) in [5.41, 5.74) is 3.21. The number of carbonyl (C=O) groups excluding carboxylic acids is 1. The maximum Gasteiger partial charge on any atom is 0.227 e. The van der Waals surface area contributed by atoms with E-state index in [1.54, 1.807) is 0 Å². The summed E-state index contributed by atoms with van der Waals surface area (Å²) in [5, 5.41) is 5.20. The van der Waals surface area contributed by atoms with E-state index in [1.165, 1.54) is 0 Å². The van der Waals surface area contributed by atoms with Crippen LogP contribution in [-0.2, 0) is 17.6 Å². The van der Waals surface area contributed by atoms with Gasteiger partial charge in [-0.15, -0.1) is 0 Å². The van der Waals surface area contributed by atoms with Crippen molar-refractivity contribution in [3.8, 4) is 0 Å². The van der Waals surface area contributed by atoms with Crippen molar-refractivity contribution < 1.29 is 9.32 Å². The molecule has 1 atom stereocenters. The van der Waals surface area contributed by atoms with Crippen molar-refractivity contribution in [2.45, 2.75) is 45.6 Å². The number of hydrogen-bond donors (Lipinski definition) is 1. The number of amides is 1. The van der Waals surface area contributed by atoms with Crippen LogP contribution in [0, 0.1) is 6.92 Å². The zero-order valence-electron chi connectivity index (χ0n) is 14.6. The smallest absolute Gasteiger partial charge is 0.227 e. The van der Waals surface area contributed by atoms with E-state index in [0.29, 0.717) is 24.6 Å². The zero-order chi connectivity index (χ0) is 17.4. The fourth-order valence-electron chi connectivity index (χ4n) is 3.70. The summed E-state index contributed by atoms with van der Waals surface area (Å²) in [4.78, 5) is 22.7. The van der Waals surface area contributed by atoms with Gasteiger partial charge in [0.1, 0.15) is 0 Å². The molecule has 3 heterocycles. The van der Waals surface area contributed by atoms with Gasteiger partial charge in [0.25, 0.3) is 0 Å². The Morgan fingerprint density at radius 3 is 3.04 bits per heavy atom. The Balaban J connectivity index is 1.58. The molecule has 2 aromatic heterocycles. The number of carbonyl (C=O) groups is 1. The lowest BCUT2D eigenvalue weighted by Gasteiger charge is -2.22. The van der Waals surface area contributed by atoms with Crippen molar-refractivity contribution in [1.29, 1.82) is 0 Å². The molecule has 0 aliphatic carbocycles. The molecule has 1 aliphatic heterocycles. The number of rotatable bonds is 4. The van der Waals surface area contributed by atoms with Crippen molar-refractivity contribution in [1.82, 2.24) is 20.0 Å². The lowest BCUT2D eigenvalue weighted by molar-refractivity contribution is -0.131. The van der Waals surface area contributed by atoms with E-state index in [0.717, 1.165) is 41.5 Å². The van der Waals surface area contributed by atoms with Crippen molar-refractivity contribution >= 4 is 16.8 Å². The van der Waals surface area contributed by atoms with Crippen LogP contribution < -0.4 is 0 Å². The van der Waals surface area contributed by atoms with Gasteiger partial charge in [-0.2, -0.15) is 4.98 Å². The van der Waals surface area contributed by atoms with Gasteiger partial charge < -0.3 is 14.4 Å². The van der Waals surface area contributed by atoms with Gasteiger partial charge in [-0.3, -0.25) is 4.79 Å². The summed E-state index contributed by atoms with van der Waals surface area (Å²) in [6.07, 6.45) is 2.97. The van der Waals surface area contributed by atoms with Gasteiger partial charge in [0.05, 0.1) is 12.5 Å². The summed E-state index contributed by atoms with van der Waals surface area (Å²) in [7, 11) is 0. The quantitative estimate of drug-likeness (QED) is 0.792. The first-order valence-corrected chi connectivity index (χ1v) is 8.85. The summed E-state index contributed by atoms with van der Waals surface area (Å²) in [6.45, 7) is 4.76. The predicted octanol–water partition coefficient (Wildman–Crippen LogP) is 3.33. The number of nitrogens with zero attached hydrogens (tertiary/aromatic N) is 3. The van der Waals surface area contributed by atoms with E-state index in [-0.39, 0.29) is 11.9 Å². The number of likely N-dealkylation sites (tertiary alicyclic amines) is 1. The Bertz CT molecular complexity index is 911. The molecule has 6 nitrogen and oxygen atoms in total. The molecule has 130 valence electrons. The standard InChI is InChI=1S/C19H22N4O2/c1-3-17-21-19(22-25-17)16-9-6-10-23(16)18(24)11-14-12(2)20-15-8-5-4-7-13(14)15/h4-5,7-8,16,20H,3,6,9-11H2,1-2H3. The molecular weight excluding hydrogens is 316 g/mol. The SMILES string of the molecule is CCc1nc(C2CCCN2C(=O)Cc2c(C)[nH]c3ccccc23)no1. The largest absolute Gasteiger partial charge is 0.358 e. The Morgan fingerprint density at radius 2 is 2.24 bits per heavy atom. The van der Waals surface area contributed by atoms with E-state index in [4.69, 9.17) is 4.52 Å². The molecule has 25 heavy (non-hydrogen) atoms. The zero-order valence-corrected chi connectivity index (χ0v) is 14.6. The van der Waals surface area contributed by atoms with E-state index in [2.05, 4.69) is 21.2 Å². The average Bonchev–Trinajstić information content (AvgIpc) is 3.33. The summed E-state index contributed by atoms with van der Waals surface area (Å²) in [5.74, 6) is 1.39. The average molecular weight is 338 g/mol. The number of H-pyrrole nitrogens is 1. The molecule has 1 aliphatic rings. The number of aryl methyl sites for hydroxylation is 2. The number of aromatic nitrogens is 3. The predicted molar refractivity (Wildman–Crippen MR) is 94.1 cm³/mol. The highest BCUT2D eigenvalue weighted by Gasteiger charge is 2.33. The van der Waals surface area contributed by atoms with Gasteiger partial charge in [-0.25, -0.2) is 0 Å². The van der Waals surface area contributed by atoms with Crippen molar-refractivity contribution in [3.05, 3.63) is 47.2 Å². The second kappa shape index (κ2) is 6.35. The highest BCUT2D eigenvalue weighted by atomic mass is 16.5. The van der Waals surface area contributed by atoms with Crippen LogP contribution in [0.1, 0.15) is 48.8 Å². The molecule has 0 bridgehead atoms. The monoisotopic (exact) mass is 338 g/mol. The van der Waals surface area contributed by atoms with Crippen LogP contribution in [0.2, 0.25) is 0 Å². The van der Waals surface area contributed by atoms with Crippen LogP contribution in [-0.4, -0.2) is 32.5 Å². The van der Waals surface area contributed by atoms with Crippen LogP contribution in [0.4, 0.5) is 0 Å². The minimum absolute atomic E-state index is 0.0675. The molecular formula is C19H22N4O2. The Kier molecular flexibility index (Phi) is 4.03. The third kappa shape index (κ3) is 2.81. The number of benzene rings is 1. The highest BCUT2D eigenvalue weighted by Crippen LogP contribution is 2.32. The molecule has 1 unspecified atom stereocenters. The molecule has 1 N–H and O–H groups in total. The van der Waals surface area contributed by atoms with Gasteiger partial charge in [0.15, 0.2) is 5.82 Å². The maximum absolute atomic E-state index is 13.0.